The molecule has 29 heavy (non-hydrogen) atoms. The molecule has 0 bridgehead atoms. The summed E-state index contributed by atoms with van der Waals surface area (Å²) in [4.78, 5) is 30.9. The van der Waals surface area contributed by atoms with Gasteiger partial charge in [-0.3, -0.25) is 4.79 Å². The van der Waals surface area contributed by atoms with Crippen LogP contribution in [0.2, 0.25) is 5.02 Å². The van der Waals surface area contributed by atoms with Gasteiger partial charge >= 0.3 is 11.9 Å². The van der Waals surface area contributed by atoms with Crippen molar-refractivity contribution in [1.82, 2.24) is 5.32 Å². The van der Waals surface area contributed by atoms with Crippen molar-refractivity contribution in [1.29, 1.82) is 0 Å². The molecule has 1 atom stereocenters. The van der Waals surface area contributed by atoms with Crippen LogP contribution in [0.3, 0.4) is 0 Å². The monoisotopic (exact) mass is 418 g/mol. The van der Waals surface area contributed by atoms with Crippen LogP contribution in [0.25, 0.3) is 0 Å². The summed E-state index contributed by atoms with van der Waals surface area (Å²) >= 11 is 6.25. The first kappa shape index (κ1) is 23.9. The van der Waals surface area contributed by atoms with Gasteiger partial charge in [0, 0.05) is 23.6 Å². The molecule has 0 fully saturated rings. The van der Waals surface area contributed by atoms with E-state index in [1.807, 2.05) is 61.5 Å². The maximum Gasteiger partial charge on any atom is 0.328 e. The smallest absolute Gasteiger partial charge is 0.328 e. The topological polar surface area (TPSA) is 130 Å². The number of carbonyl (C=O) groups excluding carboxylic acids is 1. The minimum absolute atomic E-state index is 0.0368. The molecule has 7 nitrogen and oxygen atoms in total. The Morgan fingerprint density at radius 3 is 2.00 bits per heavy atom. The number of nitrogens with one attached hydrogen (secondary N) is 1. The van der Waals surface area contributed by atoms with Crippen LogP contribution in [0.1, 0.15) is 18.1 Å². The first-order valence-electron chi connectivity index (χ1n) is 8.62. The predicted molar refractivity (Wildman–Crippen MR) is 111 cm³/mol. The van der Waals surface area contributed by atoms with Crippen molar-refractivity contribution in [2.75, 3.05) is 6.54 Å². The van der Waals surface area contributed by atoms with Crippen LogP contribution in [0.4, 0.5) is 0 Å². The number of benzene rings is 2. The highest BCUT2D eigenvalue weighted by Gasteiger charge is 2.29. The first-order chi connectivity index (χ1) is 13.7. The molecular weight excluding hydrogens is 396 g/mol. The van der Waals surface area contributed by atoms with E-state index in [0.717, 1.165) is 11.1 Å². The van der Waals surface area contributed by atoms with Crippen molar-refractivity contribution in [3.05, 3.63) is 82.9 Å². The van der Waals surface area contributed by atoms with E-state index in [4.69, 9.17) is 27.5 Å². The van der Waals surface area contributed by atoms with Gasteiger partial charge < -0.3 is 21.3 Å². The Labute approximate surface area is 173 Å². The quantitative estimate of drug-likeness (QED) is 0.511. The molecule has 0 saturated carbocycles. The summed E-state index contributed by atoms with van der Waals surface area (Å²) in [5.74, 6) is -2.70. The lowest BCUT2D eigenvalue weighted by Gasteiger charge is -2.32. The van der Waals surface area contributed by atoms with E-state index in [0.29, 0.717) is 23.6 Å². The number of halogens is 1. The van der Waals surface area contributed by atoms with Gasteiger partial charge in [-0.25, -0.2) is 9.59 Å². The Morgan fingerprint density at radius 1 is 1.00 bits per heavy atom. The van der Waals surface area contributed by atoms with Crippen molar-refractivity contribution in [3.8, 4) is 0 Å². The highest BCUT2D eigenvalue weighted by Crippen LogP contribution is 2.28. The number of rotatable bonds is 7. The first-order valence-corrected chi connectivity index (χ1v) is 8.99. The molecule has 154 valence electrons. The van der Waals surface area contributed by atoms with Gasteiger partial charge in [-0.15, -0.1) is 0 Å². The average Bonchev–Trinajstić information content (AvgIpc) is 2.69. The molecule has 0 saturated heterocycles. The lowest BCUT2D eigenvalue weighted by Crippen LogP contribution is -2.47. The Balaban J connectivity index is 0.000000447. The molecule has 1 amide bonds. The molecule has 1 unspecified atom stereocenters. The molecule has 8 heteroatoms. The molecule has 0 radical (unpaired) electrons. The van der Waals surface area contributed by atoms with Gasteiger partial charge in [0.1, 0.15) is 0 Å². The molecule has 2 aromatic rings. The van der Waals surface area contributed by atoms with Crippen molar-refractivity contribution in [2.24, 2.45) is 5.73 Å². The zero-order valence-electron chi connectivity index (χ0n) is 15.8. The van der Waals surface area contributed by atoms with Gasteiger partial charge in [0.15, 0.2) is 0 Å². The lowest BCUT2D eigenvalue weighted by atomic mass is 9.85. The molecule has 2 rings (SSSR count). The van der Waals surface area contributed by atoms with Crippen LogP contribution >= 0.6 is 11.6 Å². The fraction of sp³-hybridized carbons (Fsp3) is 0.190. The highest BCUT2D eigenvalue weighted by molar-refractivity contribution is 6.31. The van der Waals surface area contributed by atoms with Crippen molar-refractivity contribution in [2.45, 2.75) is 18.9 Å². The Bertz CT molecular complexity index is 854. The third kappa shape index (κ3) is 8.59. The van der Waals surface area contributed by atoms with Gasteiger partial charge in [-0.05, 0) is 24.1 Å². The number of amides is 1. The summed E-state index contributed by atoms with van der Waals surface area (Å²) in [5.41, 5.74) is 6.90. The summed E-state index contributed by atoms with van der Waals surface area (Å²) in [6.45, 7) is 1.95. The Hall–Kier alpha value is -3.16. The van der Waals surface area contributed by atoms with Gasteiger partial charge in [0.25, 0.3) is 0 Å². The number of carbonyl (C=O) groups is 3. The summed E-state index contributed by atoms with van der Waals surface area (Å²) in [7, 11) is 0. The predicted octanol–water partition coefficient (Wildman–Crippen LogP) is 2.58. The molecule has 2 aromatic carbocycles. The van der Waals surface area contributed by atoms with Gasteiger partial charge in [-0.1, -0.05) is 60.1 Å². The zero-order valence-corrected chi connectivity index (χ0v) is 16.6. The van der Waals surface area contributed by atoms with Gasteiger partial charge in [0.2, 0.25) is 5.91 Å². The van der Waals surface area contributed by atoms with Crippen LogP contribution in [-0.4, -0.2) is 34.6 Å². The number of nitrogens with two attached hydrogens (primary N) is 1. The number of hydrogen-bond acceptors (Lipinski definition) is 4. The van der Waals surface area contributed by atoms with Crippen LogP contribution < -0.4 is 11.1 Å². The van der Waals surface area contributed by atoms with E-state index in [2.05, 4.69) is 5.32 Å². The van der Waals surface area contributed by atoms with Crippen LogP contribution in [0, 0.1) is 0 Å². The normalized spacial score (nSPS) is 12.4. The lowest BCUT2D eigenvalue weighted by molar-refractivity contribution is -0.134. The number of carboxylic acid groups (broad SMARTS) is 2. The molecule has 0 aliphatic rings. The maximum absolute atomic E-state index is 11.8. The summed E-state index contributed by atoms with van der Waals surface area (Å²) in [6.07, 6.45) is 1.72. The summed E-state index contributed by atoms with van der Waals surface area (Å²) in [5, 5.41) is 19.3. The van der Waals surface area contributed by atoms with Crippen LogP contribution in [0.15, 0.2) is 66.7 Å². The second kappa shape index (κ2) is 11.6. The number of aliphatic carboxylic acids is 2. The highest BCUT2D eigenvalue weighted by atomic mass is 35.5. The second-order valence-electron chi connectivity index (χ2n) is 6.23. The number of carboxylic acids is 2. The fourth-order valence-electron chi connectivity index (χ4n) is 2.55. The summed E-state index contributed by atoms with van der Waals surface area (Å²) < 4.78 is 0. The molecule has 0 spiro atoms. The maximum atomic E-state index is 11.8. The zero-order chi connectivity index (χ0) is 21.9. The molecular formula is C21H23ClN2O5. The van der Waals surface area contributed by atoms with E-state index in [1.165, 1.54) is 0 Å². The van der Waals surface area contributed by atoms with Crippen molar-refractivity contribution in [3.63, 3.8) is 0 Å². The van der Waals surface area contributed by atoms with Gasteiger partial charge in [-0.2, -0.15) is 0 Å². The molecule has 0 aliphatic carbocycles. The largest absolute Gasteiger partial charge is 0.478 e. The van der Waals surface area contributed by atoms with Crippen LogP contribution in [-0.2, 0) is 26.3 Å². The SMILES string of the molecule is CC(Cc1ccccc1Cl)(NC(=O)CN)c1ccccc1.O=C(O)C=CC(=O)O. The van der Waals surface area contributed by atoms with E-state index < -0.39 is 17.5 Å². The summed E-state index contributed by atoms with van der Waals surface area (Å²) in [6, 6.07) is 17.5. The molecule has 0 heterocycles. The van der Waals surface area contributed by atoms with E-state index in [-0.39, 0.29) is 12.5 Å². The van der Waals surface area contributed by atoms with Gasteiger partial charge in [0.05, 0.1) is 12.1 Å². The van der Waals surface area contributed by atoms with Crippen molar-refractivity contribution >= 4 is 29.4 Å². The minimum atomic E-state index is -1.26. The third-order valence-corrected chi connectivity index (χ3v) is 4.25. The molecule has 0 aliphatic heterocycles. The van der Waals surface area contributed by atoms with Crippen molar-refractivity contribution < 1.29 is 24.6 Å². The number of hydrogen-bond donors (Lipinski definition) is 4. The molecule has 0 aromatic heterocycles. The second-order valence-corrected chi connectivity index (χ2v) is 6.64. The van der Waals surface area contributed by atoms with E-state index in [1.54, 1.807) is 0 Å². The Kier molecular flexibility index (Phi) is 9.58. The third-order valence-electron chi connectivity index (χ3n) is 3.88. The van der Waals surface area contributed by atoms with Crippen LogP contribution in [0.5, 0.6) is 0 Å². The minimum Gasteiger partial charge on any atom is -0.478 e. The Morgan fingerprint density at radius 2 is 1.52 bits per heavy atom. The van der Waals surface area contributed by atoms with E-state index >= 15 is 0 Å². The average molecular weight is 419 g/mol. The standard InChI is InChI=1S/C17H19ClN2O.C4H4O4/c1-17(20-16(21)12-19,14-8-3-2-4-9-14)11-13-7-5-6-10-15(13)18;5-3(6)1-2-4(7)8/h2-10H,11-12,19H2,1H3,(H,20,21);1-2H,(H,5,6)(H,7,8). The van der Waals surface area contributed by atoms with E-state index in [9.17, 15) is 14.4 Å². The fourth-order valence-corrected chi connectivity index (χ4v) is 2.75. The molecule has 5 N–H and O–H groups in total.